The van der Waals surface area contributed by atoms with Gasteiger partial charge in [-0.15, -0.1) is 11.3 Å². The lowest BCUT2D eigenvalue weighted by Gasteiger charge is -2.23. The molecule has 142 valence electrons. The maximum absolute atomic E-state index is 5.48. The van der Waals surface area contributed by atoms with Crippen molar-refractivity contribution in [1.29, 1.82) is 0 Å². The van der Waals surface area contributed by atoms with Crippen LogP contribution < -0.4 is 14.8 Å². The number of methoxy groups -OCH3 is 2. The van der Waals surface area contributed by atoms with Gasteiger partial charge in [-0.1, -0.05) is 0 Å². The van der Waals surface area contributed by atoms with Gasteiger partial charge in [-0.3, -0.25) is 4.99 Å². The first-order valence-electron chi connectivity index (χ1n) is 8.54. The topological polar surface area (TPSA) is 59.0 Å². The lowest BCUT2D eigenvalue weighted by molar-refractivity contribution is 0.382. The smallest absolute Gasteiger partial charge is 0.193 e. The summed E-state index contributed by atoms with van der Waals surface area (Å²) in [6.07, 6.45) is 0.941. The summed E-state index contributed by atoms with van der Waals surface area (Å²) in [6.45, 7) is 5.62. The fraction of sp³-hybridized carbons (Fsp3) is 0.474. The highest BCUT2D eigenvalue weighted by molar-refractivity contribution is 7.11. The van der Waals surface area contributed by atoms with Crippen LogP contribution >= 0.6 is 11.3 Å². The number of aliphatic imine (C=N–C) groups is 1. The standard InChI is InChI=1S/C19H28N4O2S/c1-13-18(26-14(2)22-13)9-10-21-19(20-3)23(4)12-15-7-8-16(24-5)11-17(15)25-6/h7-8,11H,9-10,12H2,1-6H3,(H,20,21). The van der Waals surface area contributed by atoms with E-state index in [9.17, 15) is 0 Å². The molecule has 1 N–H and O–H groups in total. The van der Waals surface area contributed by atoms with Crippen LogP contribution in [-0.2, 0) is 13.0 Å². The molecule has 0 spiro atoms. The first kappa shape index (κ1) is 20.0. The first-order valence-corrected chi connectivity index (χ1v) is 9.35. The van der Waals surface area contributed by atoms with Crippen molar-refractivity contribution in [3.63, 3.8) is 0 Å². The van der Waals surface area contributed by atoms with Gasteiger partial charge in [-0.2, -0.15) is 0 Å². The van der Waals surface area contributed by atoms with Crippen LogP contribution in [-0.4, -0.2) is 50.7 Å². The summed E-state index contributed by atoms with van der Waals surface area (Å²) >= 11 is 1.76. The minimum Gasteiger partial charge on any atom is -0.497 e. The Labute approximate surface area is 159 Å². The Morgan fingerprint density at radius 2 is 2.04 bits per heavy atom. The van der Waals surface area contributed by atoms with Crippen molar-refractivity contribution in [2.45, 2.75) is 26.8 Å². The highest BCUT2D eigenvalue weighted by Gasteiger charge is 2.12. The Morgan fingerprint density at radius 1 is 1.27 bits per heavy atom. The van der Waals surface area contributed by atoms with Crippen molar-refractivity contribution in [2.75, 3.05) is 34.9 Å². The van der Waals surface area contributed by atoms with E-state index in [1.54, 1.807) is 32.6 Å². The molecule has 2 aromatic rings. The van der Waals surface area contributed by atoms with Crippen LogP contribution in [0.4, 0.5) is 0 Å². The van der Waals surface area contributed by atoms with E-state index in [0.717, 1.165) is 46.7 Å². The number of ether oxygens (including phenoxy) is 2. The summed E-state index contributed by atoms with van der Waals surface area (Å²) in [5.74, 6) is 2.44. The fourth-order valence-electron chi connectivity index (χ4n) is 2.79. The molecule has 2 rings (SSSR count). The van der Waals surface area contributed by atoms with Crippen molar-refractivity contribution < 1.29 is 9.47 Å². The monoisotopic (exact) mass is 376 g/mol. The molecule has 26 heavy (non-hydrogen) atoms. The third-order valence-corrected chi connectivity index (χ3v) is 5.24. The SMILES string of the molecule is CN=C(NCCc1sc(C)nc1C)N(C)Cc1ccc(OC)cc1OC. The number of nitrogens with one attached hydrogen (secondary N) is 1. The zero-order chi connectivity index (χ0) is 19.1. The van der Waals surface area contributed by atoms with Crippen LogP contribution in [0, 0.1) is 13.8 Å². The molecule has 0 saturated heterocycles. The maximum atomic E-state index is 5.48. The molecule has 0 aliphatic heterocycles. The third kappa shape index (κ3) is 5.11. The number of nitrogens with zero attached hydrogens (tertiary/aromatic N) is 3. The number of aryl methyl sites for hydroxylation is 2. The molecule has 0 radical (unpaired) electrons. The maximum Gasteiger partial charge on any atom is 0.193 e. The first-order chi connectivity index (χ1) is 12.5. The minimum absolute atomic E-state index is 0.686. The summed E-state index contributed by atoms with van der Waals surface area (Å²) < 4.78 is 10.7. The molecule has 7 heteroatoms. The molecule has 1 heterocycles. The van der Waals surface area contributed by atoms with Gasteiger partial charge < -0.3 is 19.7 Å². The molecule has 6 nitrogen and oxygen atoms in total. The number of hydrogen-bond donors (Lipinski definition) is 1. The second-order valence-corrected chi connectivity index (χ2v) is 7.29. The van der Waals surface area contributed by atoms with E-state index in [-0.39, 0.29) is 0 Å². The van der Waals surface area contributed by atoms with E-state index in [2.05, 4.69) is 27.1 Å². The lowest BCUT2D eigenvalue weighted by Crippen LogP contribution is -2.39. The largest absolute Gasteiger partial charge is 0.497 e. The van der Waals surface area contributed by atoms with Gasteiger partial charge in [0, 0.05) is 50.1 Å². The molecule has 0 aliphatic rings. The summed E-state index contributed by atoms with van der Waals surface area (Å²) in [7, 11) is 7.14. The molecule has 0 unspecified atom stereocenters. The van der Waals surface area contributed by atoms with Crippen LogP contribution in [0.5, 0.6) is 11.5 Å². The Morgan fingerprint density at radius 3 is 2.62 bits per heavy atom. The van der Waals surface area contributed by atoms with E-state index >= 15 is 0 Å². The van der Waals surface area contributed by atoms with Crippen molar-refractivity contribution in [1.82, 2.24) is 15.2 Å². The van der Waals surface area contributed by atoms with Gasteiger partial charge >= 0.3 is 0 Å². The number of guanidine groups is 1. The highest BCUT2D eigenvalue weighted by Crippen LogP contribution is 2.25. The average Bonchev–Trinajstić information content (AvgIpc) is 2.96. The number of thiazole rings is 1. The number of benzene rings is 1. The molecule has 0 atom stereocenters. The Bertz CT molecular complexity index is 758. The summed E-state index contributed by atoms with van der Waals surface area (Å²) in [5.41, 5.74) is 2.20. The molecule has 0 saturated carbocycles. The van der Waals surface area contributed by atoms with Gasteiger partial charge in [-0.05, 0) is 26.0 Å². The van der Waals surface area contributed by atoms with Gasteiger partial charge in [-0.25, -0.2) is 4.98 Å². The van der Waals surface area contributed by atoms with Crippen LogP contribution in [0.3, 0.4) is 0 Å². The number of aromatic nitrogens is 1. The number of rotatable bonds is 7. The quantitative estimate of drug-likeness (QED) is 0.595. The van der Waals surface area contributed by atoms with Crippen LogP contribution in [0.15, 0.2) is 23.2 Å². The summed E-state index contributed by atoms with van der Waals surface area (Å²) in [4.78, 5) is 12.3. The van der Waals surface area contributed by atoms with Crippen molar-refractivity contribution in [2.24, 2.45) is 4.99 Å². The molecule has 0 aliphatic carbocycles. The zero-order valence-electron chi connectivity index (χ0n) is 16.4. The molecule has 0 bridgehead atoms. The van der Waals surface area contributed by atoms with Gasteiger partial charge in [0.1, 0.15) is 11.5 Å². The average molecular weight is 377 g/mol. The Hall–Kier alpha value is -2.28. The molecule has 1 aromatic carbocycles. The van der Waals surface area contributed by atoms with Crippen molar-refractivity contribution >= 4 is 17.3 Å². The van der Waals surface area contributed by atoms with Gasteiger partial charge in [0.05, 0.1) is 24.9 Å². The van der Waals surface area contributed by atoms with E-state index in [0.29, 0.717) is 6.54 Å². The predicted octanol–water partition coefficient (Wildman–Crippen LogP) is 3.03. The summed E-state index contributed by atoms with van der Waals surface area (Å²) in [6, 6.07) is 5.86. The molecule has 0 fully saturated rings. The Balaban J connectivity index is 1.96. The van der Waals surface area contributed by atoms with Crippen molar-refractivity contribution in [3.05, 3.63) is 39.3 Å². The van der Waals surface area contributed by atoms with Crippen molar-refractivity contribution in [3.8, 4) is 11.5 Å². The van der Waals surface area contributed by atoms with Crippen LogP contribution in [0.1, 0.15) is 21.1 Å². The molecule has 0 amide bonds. The van der Waals surface area contributed by atoms with Gasteiger partial charge in [0.15, 0.2) is 5.96 Å². The summed E-state index contributed by atoms with van der Waals surface area (Å²) in [5, 5.41) is 4.54. The molecular formula is C19H28N4O2S. The second kappa shape index (κ2) is 9.43. The zero-order valence-corrected chi connectivity index (χ0v) is 17.2. The molecular weight excluding hydrogens is 348 g/mol. The third-order valence-electron chi connectivity index (χ3n) is 4.11. The van der Waals surface area contributed by atoms with Gasteiger partial charge in [0.2, 0.25) is 0 Å². The van der Waals surface area contributed by atoms with E-state index in [1.807, 2.05) is 32.2 Å². The Kier molecular flexibility index (Phi) is 7.26. The van der Waals surface area contributed by atoms with E-state index in [1.165, 1.54) is 4.88 Å². The van der Waals surface area contributed by atoms with Crippen LogP contribution in [0.2, 0.25) is 0 Å². The van der Waals surface area contributed by atoms with E-state index in [4.69, 9.17) is 9.47 Å². The molecule has 1 aromatic heterocycles. The lowest BCUT2D eigenvalue weighted by atomic mass is 10.2. The van der Waals surface area contributed by atoms with Crippen LogP contribution in [0.25, 0.3) is 0 Å². The van der Waals surface area contributed by atoms with Gasteiger partial charge in [0.25, 0.3) is 0 Å². The predicted molar refractivity (Wildman–Crippen MR) is 108 cm³/mol. The minimum atomic E-state index is 0.686. The normalized spacial score (nSPS) is 11.4. The highest BCUT2D eigenvalue weighted by atomic mass is 32.1. The number of hydrogen-bond acceptors (Lipinski definition) is 5. The second-order valence-electron chi connectivity index (χ2n) is 6.00. The fourth-order valence-corrected chi connectivity index (χ4v) is 3.73. The van der Waals surface area contributed by atoms with E-state index < -0.39 is 0 Å².